The van der Waals surface area contributed by atoms with Gasteiger partial charge in [0.2, 0.25) is 10.0 Å². The Kier molecular flexibility index (Phi) is 4.33. The van der Waals surface area contributed by atoms with Crippen molar-refractivity contribution in [2.24, 2.45) is 5.73 Å². The van der Waals surface area contributed by atoms with Crippen molar-refractivity contribution in [3.63, 3.8) is 0 Å². The Balaban J connectivity index is 1.40. The molecule has 4 rings (SSSR count). The van der Waals surface area contributed by atoms with Crippen LogP contribution in [0, 0.1) is 0 Å². The largest absolute Gasteiger partial charge is 0.360 e. The number of amides is 1. The Hall–Kier alpha value is -1.45. The number of nitrogens with one attached hydrogen (secondary N) is 1. The molecule has 1 amide bonds. The standard InChI is InChI=1S/C16H24N4O4S/c17-5-6-25(22,23)20-12-3-4-13(20)8-11(7-12)18-16(21)14-9-15(24-19-14)10-1-2-10/h9-13H,1-8,17H2,(H,18,21)/t11?,12-,13+. The van der Waals surface area contributed by atoms with Crippen LogP contribution in [0.5, 0.6) is 0 Å². The monoisotopic (exact) mass is 368 g/mol. The van der Waals surface area contributed by atoms with Crippen LogP contribution in [-0.2, 0) is 10.0 Å². The summed E-state index contributed by atoms with van der Waals surface area (Å²) in [6, 6.07) is 1.61. The number of aromatic nitrogens is 1. The third kappa shape index (κ3) is 3.32. The molecule has 3 N–H and O–H groups in total. The summed E-state index contributed by atoms with van der Waals surface area (Å²) in [7, 11) is -3.30. The van der Waals surface area contributed by atoms with Gasteiger partial charge in [-0.05, 0) is 38.5 Å². The number of hydrogen-bond donors (Lipinski definition) is 2. The highest BCUT2D eigenvalue weighted by Crippen LogP contribution is 2.40. The van der Waals surface area contributed by atoms with Crippen molar-refractivity contribution in [2.45, 2.75) is 62.6 Å². The van der Waals surface area contributed by atoms with Crippen LogP contribution in [0.3, 0.4) is 0 Å². The van der Waals surface area contributed by atoms with Crippen molar-refractivity contribution >= 4 is 15.9 Å². The van der Waals surface area contributed by atoms with E-state index in [1.54, 1.807) is 10.4 Å². The maximum atomic E-state index is 12.4. The molecule has 0 aromatic carbocycles. The van der Waals surface area contributed by atoms with Gasteiger partial charge in [0.25, 0.3) is 5.91 Å². The lowest BCUT2D eigenvalue weighted by atomic mass is 9.99. The van der Waals surface area contributed by atoms with Gasteiger partial charge in [0.05, 0.1) is 5.75 Å². The van der Waals surface area contributed by atoms with Crippen molar-refractivity contribution in [2.75, 3.05) is 12.3 Å². The number of carbonyl (C=O) groups excluding carboxylic acids is 1. The van der Waals surface area contributed by atoms with Crippen molar-refractivity contribution in [3.8, 4) is 0 Å². The average Bonchev–Trinajstić information content (AvgIpc) is 3.21. The first-order chi connectivity index (χ1) is 12.0. The lowest BCUT2D eigenvalue weighted by molar-refractivity contribution is 0.0900. The maximum absolute atomic E-state index is 12.4. The van der Waals surface area contributed by atoms with Gasteiger partial charge in [0, 0.05) is 36.7 Å². The van der Waals surface area contributed by atoms with E-state index in [-0.39, 0.29) is 36.3 Å². The van der Waals surface area contributed by atoms with Gasteiger partial charge in [-0.3, -0.25) is 4.79 Å². The minimum Gasteiger partial charge on any atom is -0.360 e. The number of fused-ring (bicyclic) bond motifs is 2. The normalized spacial score (nSPS) is 29.7. The van der Waals surface area contributed by atoms with E-state index >= 15 is 0 Å². The van der Waals surface area contributed by atoms with Crippen LogP contribution in [0.25, 0.3) is 0 Å². The number of nitrogens with zero attached hydrogens (tertiary/aromatic N) is 2. The summed E-state index contributed by atoms with van der Waals surface area (Å²) in [5, 5.41) is 6.87. The Labute approximate surface area is 147 Å². The molecular formula is C16H24N4O4S. The Bertz CT molecular complexity index is 744. The van der Waals surface area contributed by atoms with Crippen LogP contribution in [-0.4, -0.2) is 54.2 Å². The fourth-order valence-electron chi connectivity index (χ4n) is 4.18. The first kappa shape index (κ1) is 17.0. The van der Waals surface area contributed by atoms with Gasteiger partial charge in [-0.25, -0.2) is 8.42 Å². The molecule has 8 nitrogen and oxygen atoms in total. The van der Waals surface area contributed by atoms with E-state index in [1.165, 1.54) is 0 Å². The number of piperidine rings is 1. The third-order valence-corrected chi connectivity index (χ3v) is 7.43. The molecule has 25 heavy (non-hydrogen) atoms. The van der Waals surface area contributed by atoms with Crippen LogP contribution in [0.15, 0.2) is 10.6 Å². The Morgan fingerprint density at radius 2 is 1.96 bits per heavy atom. The summed E-state index contributed by atoms with van der Waals surface area (Å²) in [5.74, 6) is 0.951. The summed E-state index contributed by atoms with van der Waals surface area (Å²) in [5.41, 5.74) is 5.75. The summed E-state index contributed by atoms with van der Waals surface area (Å²) in [6.45, 7) is 0.133. The topological polar surface area (TPSA) is 119 Å². The van der Waals surface area contributed by atoms with Crippen molar-refractivity contribution in [3.05, 3.63) is 17.5 Å². The lowest BCUT2D eigenvalue weighted by Gasteiger charge is -2.38. The average molecular weight is 368 g/mol. The smallest absolute Gasteiger partial charge is 0.273 e. The molecule has 2 saturated heterocycles. The van der Waals surface area contributed by atoms with Crippen LogP contribution in [0.4, 0.5) is 0 Å². The minimum atomic E-state index is -3.30. The molecule has 0 spiro atoms. The highest BCUT2D eigenvalue weighted by molar-refractivity contribution is 7.89. The van der Waals surface area contributed by atoms with E-state index in [2.05, 4.69) is 10.5 Å². The van der Waals surface area contributed by atoms with E-state index in [4.69, 9.17) is 10.3 Å². The van der Waals surface area contributed by atoms with Crippen LogP contribution in [0.1, 0.15) is 60.7 Å². The number of carbonyl (C=O) groups is 1. The summed E-state index contributed by atoms with van der Waals surface area (Å²) < 4.78 is 31.7. The molecule has 1 aromatic heterocycles. The maximum Gasteiger partial charge on any atom is 0.273 e. The van der Waals surface area contributed by atoms with Crippen LogP contribution < -0.4 is 11.1 Å². The van der Waals surface area contributed by atoms with Gasteiger partial charge >= 0.3 is 0 Å². The number of rotatable bonds is 6. The zero-order valence-electron chi connectivity index (χ0n) is 14.1. The summed E-state index contributed by atoms with van der Waals surface area (Å²) in [4.78, 5) is 12.4. The molecule has 1 aromatic rings. The Morgan fingerprint density at radius 3 is 2.56 bits per heavy atom. The molecule has 3 fully saturated rings. The molecule has 1 saturated carbocycles. The predicted octanol–water partition coefficient (Wildman–Crippen LogP) is 0.566. The molecule has 138 valence electrons. The van der Waals surface area contributed by atoms with Gasteiger partial charge in [0.15, 0.2) is 5.69 Å². The zero-order valence-corrected chi connectivity index (χ0v) is 14.9. The van der Waals surface area contributed by atoms with Gasteiger partial charge in [0.1, 0.15) is 5.76 Å². The van der Waals surface area contributed by atoms with E-state index in [0.29, 0.717) is 24.5 Å². The quantitative estimate of drug-likeness (QED) is 0.757. The van der Waals surface area contributed by atoms with Crippen LogP contribution >= 0.6 is 0 Å². The molecule has 1 aliphatic carbocycles. The molecule has 3 heterocycles. The predicted molar refractivity (Wildman–Crippen MR) is 90.5 cm³/mol. The fraction of sp³-hybridized carbons (Fsp3) is 0.750. The molecule has 9 heteroatoms. The molecule has 2 aliphatic heterocycles. The molecule has 3 aliphatic rings. The zero-order chi connectivity index (χ0) is 17.6. The molecule has 1 unspecified atom stereocenters. The SMILES string of the molecule is NCCS(=O)(=O)N1[C@@H]2CC[C@H]1CC(NC(=O)c1cc(C3CC3)on1)C2. The first-order valence-electron chi connectivity index (χ1n) is 8.96. The highest BCUT2D eigenvalue weighted by Gasteiger charge is 2.46. The third-order valence-electron chi connectivity index (χ3n) is 5.44. The van der Waals surface area contributed by atoms with Gasteiger partial charge in [-0.1, -0.05) is 5.16 Å². The van der Waals surface area contributed by atoms with Gasteiger partial charge in [-0.2, -0.15) is 4.31 Å². The van der Waals surface area contributed by atoms with Gasteiger partial charge in [-0.15, -0.1) is 0 Å². The second kappa shape index (κ2) is 6.37. The minimum absolute atomic E-state index is 0.0140. The molecule has 3 atom stereocenters. The summed E-state index contributed by atoms with van der Waals surface area (Å²) in [6.07, 6.45) is 5.15. The van der Waals surface area contributed by atoms with Crippen LogP contribution in [0.2, 0.25) is 0 Å². The van der Waals surface area contributed by atoms with E-state index in [9.17, 15) is 13.2 Å². The first-order valence-corrected chi connectivity index (χ1v) is 10.6. The van der Waals surface area contributed by atoms with E-state index in [1.807, 2.05) is 0 Å². The fourth-order valence-corrected chi connectivity index (χ4v) is 5.98. The van der Waals surface area contributed by atoms with Crippen molar-refractivity contribution < 1.29 is 17.7 Å². The van der Waals surface area contributed by atoms with Gasteiger partial charge < -0.3 is 15.6 Å². The number of hydrogen-bond acceptors (Lipinski definition) is 6. The summed E-state index contributed by atoms with van der Waals surface area (Å²) >= 11 is 0. The van der Waals surface area contributed by atoms with Crippen molar-refractivity contribution in [1.82, 2.24) is 14.8 Å². The second-order valence-electron chi connectivity index (χ2n) is 7.35. The highest BCUT2D eigenvalue weighted by atomic mass is 32.2. The van der Waals surface area contributed by atoms with E-state index < -0.39 is 10.0 Å². The second-order valence-corrected chi connectivity index (χ2v) is 9.34. The molecule has 0 radical (unpaired) electrons. The van der Waals surface area contributed by atoms with E-state index in [0.717, 1.165) is 31.4 Å². The lowest BCUT2D eigenvalue weighted by Crippen LogP contribution is -2.53. The molecular weight excluding hydrogens is 344 g/mol. The molecule has 2 bridgehead atoms. The number of nitrogens with two attached hydrogens (primary N) is 1. The van der Waals surface area contributed by atoms with Crippen molar-refractivity contribution in [1.29, 1.82) is 0 Å². The Morgan fingerprint density at radius 1 is 1.28 bits per heavy atom. The number of sulfonamides is 1.